The first-order valence-electron chi connectivity index (χ1n) is 9.71. The maximum atomic E-state index is 13.3. The van der Waals surface area contributed by atoms with Crippen molar-refractivity contribution in [3.63, 3.8) is 0 Å². The second-order valence-corrected chi connectivity index (χ2v) is 7.43. The van der Waals surface area contributed by atoms with Gasteiger partial charge in [-0.05, 0) is 24.6 Å². The Hall–Kier alpha value is -3.28. The summed E-state index contributed by atoms with van der Waals surface area (Å²) in [5, 5.41) is 24.0. The first-order valence-corrected chi connectivity index (χ1v) is 9.71. The summed E-state index contributed by atoms with van der Waals surface area (Å²) in [5.41, 5.74) is -0.177. The molecular weight excluding hydrogens is 407 g/mol. The second kappa shape index (κ2) is 8.46. The van der Waals surface area contributed by atoms with Crippen molar-refractivity contribution in [2.75, 3.05) is 25.6 Å². The van der Waals surface area contributed by atoms with E-state index in [0.29, 0.717) is 35.6 Å². The number of urea groups is 1. The van der Waals surface area contributed by atoms with E-state index in [1.165, 1.54) is 31.3 Å². The highest BCUT2D eigenvalue weighted by atomic mass is 19.1. The van der Waals surface area contributed by atoms with Gasteiger partial charge in [-0.25, -0.2) is 14.2 Å². The minimum atomic E-state index is -1.31. The van der Waals surface area contributed by atoms with E-state index in [1.807, 2.05) is 0 Å². The van der Waals surface area contributed by atoms with Crippen molar-refractivity contribution in [2.45, 2.75) is 25.1 Å². The van der Waals surface area contributed by atoms with E-state index in [2.05, 4.69) is 25.8 Å². The molecule has 4 N–H and O–H groups in total. The van der Waals surface area contributed by atoms with Crippen molar-refractivity contribution in [2.24, 2.45) is 0 Å². The van der Waals surface area contributed by atoms with Crippen LogP contribution in [-0.2, 0) is 10.4 Å². The number of carbonyl (C=O) groups is 1. The molecule has 1 aromatic carbocycles. The predicted octanol–water partition coefficient (Wildman–Crippen LogP) is 2.58. The van der Waals surface area contributed by atoms with E-state index < -0.39 is 17.5 Å². The van der Waals surface area contributed by atoms with E-state index in [0.717, 1.165) is 11.5 Å². The van der Waals surface area contributed by atoms with Crippen molar-refractivity contribution in [3.05, 3.63) is 47.9 Å². The largest absolute Gasteiger partial charge is 0.470 e. The zero-order valence-corrected chi connectivity index (χ0v) is 17.1. The van der Waals surface area contributed by atoms with Crippen molar-refractivity contribution >= 4 is 22.8 Å². The van der Waals surface area contributed by atoms with Crippen molar-refractivity contribution < 1.29 is 23.9 Å². The highest BCUT2D eigenvalue weighted by Gasteiger charge is 2.33. The molecule has 1 aliphatic rings. The van der Waals surface area contributed by atoms with Gasteiger partial charge < -0.3 is 20.0 Å². The Morgan fingerprint density at radius 1 is 1.42 bits per heavy atom. The SMILES string of the molecule is CN(O)C(C)(NC(=O)Nc1cc2[nH]nc(OC3CCOC3)c2cn1)c1ccc(F)cc1. The zero-order valence-electron chi connectivity index (χ0n) is 17.1. The molecule has 2 unspecified atom stereocenters. The van der Waals surface area contributed by atoms with Gasteiger partial charge in [0.2, 0.25) is 5.88 Å². The van der Waals surface area contributed by atoms with E-state index in [-0.39, 0.29) is 11.9 Å². The van der Waals surface area contributed by atoms with Gasteiger partial charge in [0, 0.05) is 25.7 Å². The van der Waals surface area contributed by atoms with Gasteiger partial charge in [0.15, 0.2) is 0 Å². The topological polar surface area (TPSA) is 125 Å². The number of carbonyl (C=O) groups excluding carboxylic acids is 1. The summed E-state index contributed by atoms with van der Waals surface area (Å²) >= 11 is 0. The molecule has 3 heterocycles. The Bertz CT molecular complexity index is 1070. The fraction of sp³-hybridized carbons (Fsp3) is 0.350. The Morgan fingerprint density at radius 3 is 2.87 bits per heavy atom. The predicted molar refractivity (Wildman–Crippen MR) is 109 cm³/mol. The summed E-state index contributed by atoms with van der Waals surface area (Å²) in [6.45, 7) is 2.77. The van der Waals surface area contributed by atoms with Crippen LogP contribution in [0.4, 0.5) is 15.0 Å². The number of nitrogens with zero attached hydrogens (tertiary/aromatic N) is 3. The molecule has 2 atom stereocenters. The molecule has 31 heavy (non-hydrogen) atoms. The number of pyridine rings is 1. The third-order valence-corrected chi connectivity index (χ3v) is 5.23. The molecule has 2 amide bonds. The monoisotopic (exact) mass is 430 g/mol. The van der Waals surface area contributed by atoms with E-state index >= 15 is 0 Å². The summed E-state index contributed by atoms with van der Waals surface area (Å²) in [7, 11) is 1.38. The first-order chi connectivity index (χ1) is 14.8. The van der Waals surface area contributed by atoms with Crippen LogP contribution in [0.2, 0.25) is 0 Å². The number of anilines is 1. The lowest BCUT2D eigenvalue weighted by molar-refractivity contribution is -0.158. The summed E-state index contributed by atoms with van der Waals surface area (Å²) in [6, 6.07) is 6.47. The molecule has 2 aromatic heterocycles. The third-order valence-electron chi connectivity index (χ3n) is 5.23. The van der Waals surface area contributed by atoms with E-state index in [4.69, 9.17) is 9.47 Å². The molecular formula is C20H23FN6O4. The molecule has 1 fully saturated rings. The summed E-state index contributed by atoms with van der Waals surface area (Å²) in [4.78, 5) is 16.9. The lowest BCUT2D eigenvalue weighted by atomic mass is 10.0. The van der Waals surface area contributed by atoms with Crippen molar-refractivity contribution in [3.8, 4) is 5.88 Å². The van der Waals surface area contributed by atoms with Gasteiger partial charge in [-0.15, -0.1) is 5.10 Å². The number of nitrogens with one attached hydrogen (secondary N) is 3. The number of rotatable bonds is 6. The number of aromatic nitrogens is 3. The highest BCUT2D eigenvalue weighted by molar-refractivity contribution is 5.92. The van der Waals surface area contributed by atoms with Gasteiger partial charge in [0.1, 0.15) is 23.4 Å². The number of hydroxylamine groups is 2. The Balaban J connectivity index is 1.47. The standard InChI is InChI=1S/C20H23FN6O4/c1-20(27(2)29,12-3-5-13(21)6-4-12)24-19(28)23-17-9-16-15(10-22-17)18(26-25-16)31-14-7-8-30-11-14/h3-6,9-10,14,29H,7-8,11H2,1-2H3,(H,25,26)(H2,22,23,24,28). The molecule has 11 heteroatoms. The molecule has 0 bridgehead atoms. The van der Waals surface area contributed by atoms with Crippen LogP contribution in [0.5, 0.6) is 5.88 Å². The average Bonchev–Trinajstić information content (AvgIpc) is 3.38. The second-order valence-electron chi connectivity index (χ2n) is 7.43. The normalized spacial score (nSPS) is 18.2. The van der Waals surface area contributed by atoms with Crippen LogP contribution in [0.1, 0.15) is 18.9 Å². The number of hydrogen-bond donors (Lipinski definition) is 4. The summed E-state index contributed by atoms with van der Waals surface area (Å²) in [6.07, 6.45) is 2.31. The number of fused-ring (bicyclic) bond motifs is 1. The maximum absolute atomic E-state index is 13.3. The molecule has 1 aliphatic heterocycles. The Morgan fingerprint density at radius 2 is 2.19 bits per heavy atom. The quantitative estimate of drug-likeness (QED) is 0.350. The molecule has 4 rings (SSSR count). The number of aromatic amines is 1. The molecule has 164 valence electrons. The van der Waals surface area contributed by atoms with E-state index in [1.54, 1.807) is 19.2 Å². The van der Waals surface area contributed by atoms with E-state index in [9.17, 15) is 14.4 Å². The lowest BCUT2D eigenvalue weighted by Crippen LogP contribution is -2.54. The molecule has 0 aliphatic carbocycles. The fourth-order valence-corrected chi connectivity index (χ4v) is 3.29. The summed E-state index contributed by atoms with van der Waals surface area (Å²) < 4.78 is 24.4. The highest BCUT2D eigenvalue weighted by Crippen LogP contribution is 2.26. The molecule has 10 nitrogen and oxygen atoms in total. The Kier molecular flexibility index (Phi) is 5.72. The van der Waals surface area contributed by atoms with Crippen molar-refractivity contribution in [1.82, 2.24) is 25.6 Å². The summed E-state index contributed by atoms with van der Waals surface area (Å²) in [5.74, 6) is 0.281. The number of H-pyrrole nitrogens is 1. The van der Waals surface area contributed by atoms with Crippen LogP contribution in [0.3, 0.4) is 0 Å². The van der Waals surface area contributed by atoms with Gasteiger partial charge in [-0.1, -0.05) is 12.1 Å². The fourth-order valence-electron chi connectivity index (χ4n) is 3.29. The zero-order chi connectivity index (χ0) is 22.0. The first kappa shape index (κ1) is 21.0. The van der Waals surface area contributed by atoms with Crippen LogP contribution < -0.4 is 15.4 Å². The van der Waals surface area contributed by atoms with Crippen LogP contribution in [0.25, 0.3) is 10.9 Å². The minimum Gasteiger partial charge on any atom is -0.470 e. The number of hydrogen-bond acceptors (Lipinski definition) is 7. The number of amides is 2. The van der Waals surface area contributed by atoms with Gasteiger partial charge >= 0.3 is 6.03 Å². The maximum Gasteiger partial charge on any atom is 0.322 e. The average molecular weight is 430 g/mol. The van der Waals surface area contributed by atoms with Gasteiger partial charge in [0.05, 0.1) is 24.1 Å². The minimum absolute atomic E-state index is 0.0466. The molecule has 3 aromatic rings. The molecule has 0 radical (unpaired) electrons. The smallest absolute Gasteiger partial charge is 0.322 e. The lowest BCUT2D eigenvalue weighted by Gasteiger charge is -2.35. The number of halogens is 1. The van der Waals surface area contributed by atoms with Crippen LogP contribution in [-0.4, -0.2) is 57.8 Å². The van der Waals surface area contributed by atoms with Crippen LogP contribution >= 0.6 is 0 Å². The van der Waals surface area contributed by atoms with Gasteiger partial charge in [0.25, 0.3) is 0 Å². The number of ether oxygens (including phenoxy) is 2. The van der Waals surface area contributed by atoms with Crippen molar-refractivity contribution in [1.29, 1.82) is 0 Å². The van der Waals surface area contributed by atoms with Gasteiger partial charge in [-0.2, -0.15) is 5.06 Å². The third kappa shape index (κ3) is 4.43. The van der Waals surface area contributed by atoms with Crippen LogP contribution in [0, 0.1) is 5.82 Å². The molecule has 0 spiro atoms. The molecule has 1 saturated heterocycles. The van der Waals surface area contributed by atoms with Crippen LogP contribution in [0.15, 0.2) is 36.5 Å². The van der Waals surface area contributed by atoms with Gasteiger partial charge in [-0.3, -0.25) is 10.4 Å². The number of benzene rings is 1. The Labute approximate surface area is 177 Å². The molecule has 0 saturated carbocycles.